The van der Waals surface area contributed by atoms with E-state index >= 15 is 0 Å². The Morgan fingerprint density at radius 2 is 2.10 bits per heavy atom. The molecule has 0 radical (unpaired) electrons. The average Bonchev–Trinajstić information content (AvgIpc) is 2.93. The first-order chi connectivity index (χ1) is 21.3. The van der Waals surface area contributed by atoms with Crippen LogP contribution in [0, 0.1) is 11.7 Å². The molecule has 1 aromatic carbocycles. The Kier molecular flexibility index (Phi) is 3.17. The van der Waals surface area contributed by atoms with E-state index in [1.807, 2.05) is 0 Å². The monoisotopic (exact) mass is 447 g/mol. The third kappa shape index (κ3) is 8.67. The molecule has 7 nitrogen and oxygen atoms in total. The summed E-state index contributed by atoms with van der Waals surface area (Å²) in [5.41, 5.74) is -5.89. The number of carbonyl (C=O) groups is 1. The second-order valence-corrected chi connectivity index (χ2v) is 7.27. The van der Waals surface area contributed by atoms with E-state index in [-0.39, 0.29) is 44.5 Å². The largest absolute Gasteiger partial charge is 0.369 e. The molecule has 29 heavy (non-hydrogen) atoms. The van der Waals surface area contributed by atoms with E-state index in [4.69, 9.17) is 26.1 Å². The van der Waals surface area contributed by atoms with Crippen LogP contribution in [0.25, 0.3) is 0 Å². The van der Waals surface area contributed by atoms with Gasteiger partial charge in [0.05, 0.1) is 9.82 Å². The van der Waals surface area contributed by atoms with Crippen molar-refractivity contribution in [2.24, 2.45) is 5.89 Å². The van der Waals surface area contributed by atoms with Crippen LogP contribution in [0.15, 0.2) is 18.1 Å². The highest BCUT2D eigenvalue weighted by molar-refractivity contribution is 7.89. The van der Waals surface area contributed by atoms with Crippen molar-refractivity contribution in [1.82, 2.24) is 9.62 Å². The Balaban J connectivity index is 2.19. The van der Waals surface area contributed by atoms with Crippen LogP contribution >= 0.6 is 0 Å². The number of nitrogens with zero attached hydrogens (tertiary/aromatic N) is 2. The summed E-state index contributed by atoms with van der Waals surface area (Å²) in [6.07, 6.45) is -0.973. The van der Waals surface area contributed by atoms with E-state index in [0.717, 1.165) is 0 Å². The van der Waals surface area contributed by atoms with E-state index in [2.05, 4.69) is 0 Å². The quantitative estimate of drug-likeness (QED) is 0.575. The fraction of sp³-hybridized carbons (Fsp3) is 0.650. The van der Waals surface area contributed by atoms with Gasteiger partial charge in [0.15, 0.2) is 1.41 Å². The number of carbonyl (C=O) groups excluding carboxylic acids is 1. The standard InChI is InChI=1S/C20H33FN4O3S/c1-16(2)15-29(27,28)22-6-4-5-7-24-8-10-25(11-9-24)20-13-18(21)12-19(14-20)23-17(3)26/h12-14,16,22H,4-11,15H2,1-3H3,(H,23,26)/i1D3,2D3,3D3,6D2,12D,13D,14D,15D2,16D/hD2. The molecule has 1 saturated heterocycles. The lowest BCUT2D eigenvalue weighted by Crippen LogP contribution is -2.46. The zero-order valence-corrected chi connectivity index (χ0v) is 16.1. The molecular weight excluding hydrogens is 395 g/mol. The third-order valence-electron chi connectivity index (χ3n) is 3.77. The van der Waals surface area contributed by atoms with Gasteiger partial charge in [-0.15, -0.1) is 0 Å². The molecule has 1 aromatic rings. The lowest BCUT2D eigenvalue weighted by Gasteiger charge is -2.36. The molecule has 0 atom stereocenters. The van der Waals surface area contributed by atoms with E-state index in [1.54, 1.807) is 4.90 Å². The van der Waals surface area contributed by atoms with E-state index in [9.17, 15) is 17.6 Å². The number of nitrogens with one attached hydrogen (secondary N) is 2. The lowest BCUT2D eigenvalue weighted by atomic mass is 10.2. The van der Waals surface area contributed by atoms with Crippen molar-refractivity contribution in [2.75, 3.05) is 55.1 Å². The normalized spacial score (nSPS) is 28.1. The Morgan fingerprint density at radius 3 is 2.79 bits per heavy atom. The van der Waals surface area contributed by atoms with Gasteiger partial charge in [0.25, 0.3) is 0 Å². The van der Waals surface area contributed by atoms with Gasteiger partial charge in [-0.05, 0) is 43.4 Å². The predicted molar refractivity (Wildman–Crippen MR) is 115 cm³/mol. The number of piperazine rings is 1. The first kappa shape index (κ1) is 8.43. The minimum atomic E-state index is -6.07. The van der Waals surface area contributed by atoms with Gasteiger partial charge in [0.2, 0.25) is 15.9 Å². The van der Waals surface area contributed by atoms with Crippen molar-refractivity contribution in [2.45, 2.75) is 33.4 Å². The van der Waals surface area contributed by atoms with Crippen LogP contribution in [-0.4, -0.2) is 64.2 Å². The highest BCUT2D eigenvalue weighted by Crippen LogP contribution is 2.23. The minimum absolute atomic E-state index is 0.0152. The summed E-state index contributed by atoms with van der Waals surface area (Å²) in [5, 5.41) is -0.286. The number of anilines is 2. The highest BCUT2D eigenvalue weighted by Gasteiger charge is 2.18. The van der Waals surface area contributed by atoms with Gasteiger partial charge in [-0.25, -0.2) is 17.5 Å². The predicted octanol–water partition coefficient (Wildman–Crippen LogP) is 2.26. The molecule has 0 bridgehead atoms. The second kappa shape index (κ2) is 10.9. The fourth-order valence-electron chi connectivity index (χ4n) is 2.59. The Morgan fingerprint density at radius 1 is 1.34 bits per heavy atom. The average molecular weight is 448 g/mol. The van der Waals surface area contributed by atoms with Crippen LogP contribution in [-0.2, 0) is 14.8 Å². The molecule has 1 aliphatic rings. The smallest absolute Gasteiger partial charge is 0.221 e. The van der Waals surface area contributed by atoms with Gasteiger partial charge in [-0.2, -0.15) is 0 Å². The number of benzene rings is 1. The number of amides is 1. The zero-order valence-electron chi connectivity index (χ0n) is 34.2. The molecule has 1 aliphatic heterocycles. The van der Waals surface area contributed by atoms with Gasteiger partial charge in [0.1, 0.15) is 7.23 Å². The van der Waals surface area contributed by atoms with Crippen molar-refractivity contribution >= 4 is 27.3 Å². The van der Waals surface area contributed by atoms with Gasteiger partial charge in [-0.3, -0.25) is 9.69 Å². The summed E-state index contributed by atoms with van der Waals surface area (Å²) in [7, 11) is -6.07. The van der Waals surface area contributed by atoms with Crippen molar-refractivity contribution in [3.05, 3.63) is 23.9 Å². The first-order valence-electron chi connectivity index (χ1n) is 17.8. The molecule has 0 unspecified atom stereocenters. The molecule has 1 heterocycles. The molecule has 0 aromatic heterocycles. The lowest BCUT2D eigenvalue weighted by molar-refractivity contribution is -0.114. The van der Waals surface area contributed by atoms with E-state index < -0.39 is 101 Å². The maximum Gasteiger partial charge on any atom is 0.221 e. The number of sulfonamides is 1. The maximum atomic E-state index is 14.8. The number of halogens is 1. The summed E-state index contributed by atoms with van der Waals surface area (Å²) in [4.78, 5) is 15.1. The van der Waals surface area contributed by atoms with Crippen molar-refractivity contribution < 1.29 is 43.7 Å². The van der Waals surface area contributed by atoms with Crippen molar-refractivity contribution in [3.8, 4) is 0 Å². The third-order valence-corrected chi connectivity index (χ3v) is 4.61. The molecule has 1 amide bonds. The molecule has 0 aliphatic carbocycles. The van der Waals surface area contributed by atoms with Crippen molar-refractivity contribution in [1.29, 1.82) is 0 Å². The van der Waals surface area contributed by atoms with Gasteiger partial charge in [0, 0.05) is 70.1 Å². The van der Waals surface area contributed by atoms with Crippen molar-refractivity contribution in [3.63, 3.8) is 0 Å². The number of rotatable bonds is 10. The number of hydrogen-bond acceptors (Lipinski definition) is 5. The summed E-state index contributed by atoms with van der Waals surface area (Å²) in [5.74, 6) is -7.61. The highest BCUT2D eigenvalue weighted by atomic mass is 32.2. The van der Waals surface area contributed by atoms with Gasteiger partial charge in [-0.1, -0.05) is 13.7 Å². The minimum Gasteiger partial charge on any atom is -0.369 e. The van der Waals surface area contributed by atoms with Crippen LogP contribution in [0.5, 0.6) is 0 Å². The first-order valence-corrected chi connectivity index (χ1v) is 9.88. The molecule has 2 rings (SSSR count). The molecule has 164 valence electrons. The van der Waals surface area contributed by atoms with Crippen LogP contribution in [0.1, 0.15) is 56.7 Å². The second-order valence-electron chi connectivity index (χ2n) is 5.94. The molecule has 1 fully saturated rings. The summed E-state index contributed by atoms with van der Waals surface area (Å²) in [6, 6.07) is -2.92. The van der Waals surface area contributed by atoms with Crippen LogP contribution in [0.2, 0.25) is 2.82 Å². The summed E-state index contributed by atoms with van der Waals surface area (Å²) < 4.78 is 186. The Labute approximate surface area is 200 Å². The molecule has 0 saturated carbocycles. The molecule has 0 spiro atoms. The topological polar surface area (TPSA) is 81.8 Å². The van der Waals surface area contributed by atoms with Crippen LogP contribution < -0.4 is 14.9 Å². The van der Waals surface area contributed by atoms with Gasteiger partial charge >= 0.3 is 0 Å². The summed E-state index contributed by atoms with van der Waals surface area (Å²) >= 11 is 0. The van der Waals surface area contributed by atoms with Crippen LogP contribution in [0.3, 0.4) is 0 Å². The van der Waals surface area contributed by atoms with Crippen LogP contribution in [0.4, 0.5) is 15.8 Å². The van der Waals surface area contributed by atoms with E-state index in [1.165, 1.54) is 4.90 Å². The SMILES string of the molecule is [2H]c1c(F)c([2H])c(N([2H])C(=O)C([2H])([2H])[2H])c([2H])c1N1CCN(CCCC([2H])([2H])N([2H])S(=O)(=O)C([2H])([2H])C([2H])(C([2H])([2H])[2H])C([2H])([2H])[2H])CC1. The molecule has 9 heteroatoms. The number of hydrogen-bond donors (Lipinski definition) is 2. The molecular formula is C20H33FN4O3S. The maximum absolute atomic E-state index is 14.8. The zero-order chi connectivity index (χ0) is 37.8. The molecule has 2 N–H and O–H groups in total. The Bertz CT molecular complexity index is 1460. The Hall–Kier alpha value is -1.71. The van der Waals surface area contributed by atoms with Gasteiger partial charge < -0.3 is 10.2 Å². The summed E-state index contributed by atoms with van der Waals surface area (Å²) in [6.45, 7) is -14.5. The van der Waals surface area contributed by atoms with E-state index in [0.29, 0.717) is 0 Å². The fourth-order valence-corrected chi connectivity index (χ4v) is 3.15.